The fourth-order valence-electron chi connectivity index (χ4n) is 7.11. The first-order valence-corrected chi connectivity index (χ1v) is 19.1. The Balaban J connectivity index is 1.01. The third kappa shape index (κ3) is 6.48. The van der Waals surface area contributed by atoms with Crippen molar-refractivity contribution in [1.82, 2.24) is 19.9 Å². The summed E-state index contributed by atoms with van der Waals surface area (Å²) in [6.07, 6.45) is 0. The van der Waals surface area contributed by atoms with Crippen LogP contribution in [0.15, 0.2) is 194 Å². The number of hydrogen-bond donors (Lipinski definition) is 0. The molecule has 0 atom stereocenters. The van der Waals surface area contributed by atoms with Gasteiger partial charge in [0.05, 0.1) is 10.2 Å². The number of rotatable bonds is 7. The van der Waals surface area contributed by atoms with Gasteiger partial charge in [-0.05, 0) is 62.4 Å². The molecule has 55 heavy (non-hydrogen) atoms. The van der Waals surface area contributed by atoms with Crippen molar-refractivity contribution in [3.05, 3.63) is 194 Å². The van der Waals surface area contributed by atoms with Crippen LogP contribution in [0.1, 0.15) is 0 Å². The highest BCUT2D eigenvalue weighted by Gasteiger charge is 2.15. The van der Waals surface area contributed by atoms with Crippen LogP contribution in [0.4, 0.5) is 0 Å². The van der Waals surface area contributed by atoms with Gasteiger partial charge in [0, 0.05) is 22.3 Å². The number of benzene rings is 8. The van der Waals surface area contributed by atoms with Gasteiger partial charge in [-0.1, -0.05) is 176 Å². The molecule has 10 rings (SSSR count). The topological polar surface area (TPSA) is 51.6 Å². The van der Waals surface area contributed by atoms with Crippen LogP contribution in [-0.4, -0.2) is 19.9 Å². The lowest BCUT2D eigenvalue weighted by Gasteiger charge is -2.10. The smallest absolute Gasteiger partial charge is 0.164 e. The van der Waals surface area contributed by atoms with Crippen LogP contribution in [-0.2, 0) is 0 Å². The van der Waals surface area contributed by atoms with Crippen molar-refractivity contribution in [2.24, 2.45) is 0 Å². The van der Waals surface area contributed by atoms with Gasteiger partial charge in [0.25, 0.3) is 0 Å². The van der Waals surface area contributed by atoms with Gasteiger partial charge >= 0.3 is 0 Å². The Labute approximate surface area is 323 Å². The number of nitrogens with zero attached hydrogens (tertiary/aromatic N) is 4. The summed E-state index contributed by atoms with van der Waals surface area (Å²) in [5, 5.41) is 3.47. The van der Waals surface area contributed by atoms with E-state index in [1.807, 2.05) is 12.1 Å². The predicted molar refractivity (Wildman–Crippen MR) is 229 cm³/mol. The second kappa shape index (κ2) is 14.0. The van der Waals surface area contributed by atoms with E-state index in [1.165, 1.54) is 33.0 Å². The lowest BCUT2D eigenvalue weighted by molar-refractivity contribution is 1.07. The van der Waals surface area contributed by atoms with Crippen molar-refractivity contribution < 1.29 is 0 Å². The maximum Gasteiger partial charge on any atom is 0.164 e. The molecule has 0 N–H and O–H groups in total. The molecule has 2 heterocycles. The number of hydrogen-bond acceptors (Lipinski definition) is 5. The Morgan fingerprint density at radius 1 is 0.309 bits per heavy atom. The van der Waals surface area contributed by atoms with Crippen LogP contribution < -0.4 is 0 Å². The first-order valence-electron chi connectivity index (χ1n) is 18.3. The molecule has 0 aliphatic rings. The summed E-state index contributed by atoms with van der Waals surface area (Å²) in [6.45, 7) is 0. The van der Waals surface area contributed by atoms with Crippen molar-refractivity contribution in [2.75, 3.05) is 0 Å². The quantitative estimate of drug-likeness (QED) is 0.164. The Morgan fingerprint density at radius 3 is 1.38 bits per heavy atom. The minimum Gasteiger partial charge on any atom is -0.236 e. The normalized spacial score (nSPS) is 11.3. The Kier molecular flexibility index (Phi) is 8.32. The lowest BCUT2D eigenvalue weighted by Crippen LogP contribution is -2.00. The average molecular weight is 721 g/mol. The molecule has 0 saturated carbocycles. The minimum absolute atomic E-state index is 0.607. The molecule has 5 heteroatoms. The van der Waals surface area contributed by atoms with Gasteiger partial charge in [-0.2, -0.15) is 0 Å². The summed E-state index contributed by atoms with van der Waals surface area (Å²) in [5.41, 5.74) is 11.8. The van der Waals surface area contributed by atoms with Crippen LogP contribution in [0.5, 0.6) is 0 Å². The van der Waals surface area contributed by atoms with Crippen LogP contribution in [0, 0.1) is 0 Å². The molecule has 0 aliphatic heterocycles. The Morgan fingerprint density at radius 2 is 0.764 bits per heavy atom. The fraction of sp³-hybridized carbons (Fsp3) is 0. The van der Waals surface area contributed by atoms with E-state index in [0.717, 1.165) is 48.6 Å². The third-order valence-corrected chi connectivity index (χ3v) is 11.1. The largest absolute Gasteiger partial charge is 0.236 e. The second-order valence-corrected chi connectivity index (χ2v) is 14.5. The molecule has 258 valence electrons. The van der Waals surface area contributed by atoms with Gasteiger partial charge in [-0.3, -0.25) is 0 Å². The first-order chi connectivity index (χ1) is 27.2. The minimum atomic E-state index is 0.607. The van der Waals surface area contributed by atoms with Crippen molar-refractivity contribution >= 4 is 32.3 Å². The summed E-state index contributed by atoms with van der Waals surface area (Å²) >= 11 is 1.69. The average Bonchev–Trinajstić information content (AvgIpc) is 3.71. The maximum absolute atomic E-state index is 5.11. The molecule has 0 unspecified atom stereocenters. The van der Waals surface area contributed by atoms with Crippen LogP contribution >= 0.6 is 11.3 Å². The molecular weight excluding hydrogens is 689 g/mol. The van der Waals surface area contributed by atoms with E-state index in [1.54, 1.807) is 11.3 Å². The van der Waals surface area contributed by atoms with E-state index in [9.17, 15) is 0 Å². The van der Waals surface area contributed by atoms with Crippen molar-refractivity contribution in [3.63, 3.8) is 0 Å². The molecule has 0 aliphatic carbocycles. The van der Waals surface area contributed by atoms with Gasteiger partial charge < -0.3 is 0 Å². The molecule has 0 fully saturated rings. The third-order valence-electron chi connectivity index (χ3n) is 10.0. The zero-order valence-corrected chi connectivity index (χ0v) is 30.5. The van der Waals surface area contributed by atoms with Crippen LogP contribution in [0.25, 0.3) is 99.1 Å². The molecule has 10 aromatic rings. The number of aromatic nitrogens is 4. The summed E-state index contributed by atoms with van der Waals surface area (Å²) in [7, 11) is 0. The highest BCUT2D eigenvalue weighted by Crippen LogP contribution is 2.36. The molecule has 2 aromatic heterocycles. The van der Waals surface area contributed by atoms with E-state index >= 15 is 0 Å². The zero-order chi connectivity index (χ0) is 36.6. The molecule has 4 nitrogen and oxygen atoms in total. The Hall–Kier alpha value is -7.08. The summed E-state index contributed by atoms with van der Waals surface area (Å²) in [5.74, 6) is 1.85. The van der Waals surface area contributed by atoms with Crippen molar-refractivity contribution in [2.45, 2.75) is 0 Å². The number of fused-ring (bicyclic) bond motifs is 2. The zero-order valence-electron chi connectivity index (χ0n) is 29.7. The standard InChI is InChI=1S/C50H32N4S/c1-3-10-33(11-4-1)35-18-24-39(25-19-35)47-52-48(40-26-20-36(21-27-40)34-12-5-2-6-13-34)54-49(53-47)42-30-31-46-45(32-42)51-50(55-46)41-28-22-38(23-29-41)44-17-9-15-37-14-7-8-16-43(37)44/h1-32H. The van der Waals surface area contributed by atoms with Crippen LogP contribution in [0.2, 0.25) is 0 Å². The van der Waals surface area contributed by atoms with Crippen molar-refractivity contribution in [3.8, 4) is 78.1 Å². The monoisotopic (exact) mass is 720 g/mol. The summed E-state index contributed by atoms with van der Waals surface area (Å²) < 4.78 is 1.11. The molecule has 0 spiro atoms. The molecule has 8 aromatic carbocycles. The van der Waals surface area contributed by atoms with E-state index < -0.39 is 0 Å². The van der Waals surface area contributed by atoms with Gasteiger partial charge in [0.2, 0.25) is 0 Å². The second-order valence-electron chi connectivity index (χ2n) is 13.5. The SMILES string of the molecule is c1ccc(-c2ccc(-c3nc(-c4ccc(-c5ccccc5)cc4)nc(-c4ccc5sc(-c6ccc(-c7cccc8ccccc78)cc6)nc5c4)n3)cc2)cc1. The van der Waals surface area contributed by atoms with Gasteiger partial charge in [-0.25, -0.2) is 19.9 Å². The lowest BCUT2D eigenvalue weighted by atomic mass is 9.98. The van der Waals surface area contributed by atoms with Gasteiger partial charge in [-0.15, -0.1) is 11.3 Å². The van der Waals surface area contributed by atoms with E-state index in [-0.39, 0.29) is 0 Å². The van der Waals surface area contributed by atoms with Crippen LogP contribution in [0.3, 0.4) is 0 Å². The molecule has 0 saturated heterocycles. The van der Waals surface area contributed by atoms with Gasteiger partial charge in [0.1, 0.15) is 5.01 Å². The van der Waals surface area contributed by atoms with E-state index in [4.69, 9.17) is 19.9 Å². The van der Waals surface area contributed by atoms with E-state index in [2.05, 4.69) is 182 Å². The molecular formula is C50H32N4S. The predicted octanol–water partition coefficient (Wildman–Crippen LogP) is 13.3. The maximum atomic E-state index is 5.11. The highest BCUT2D eigenvalue weighted by atomic mass is 32.1. The Bertz CT molecular complexity index is 2830. The summed E-state index contributed by atoms with van der Waals surface area (Å²) in [6, 6.07) is 67.7. The first kappa shape index (κ1) is 32.6. The van der Waals surface area contributed by atoms with Gasteiger partial charge in [0.15, 0.2) is 17.5 Å². The fourth-order valence-corrected chi connectivity index (χ4v) is 8.06. The molecule has 0 bridgehead atoms. The highest BCUT2D eigenvalue weighted by molar-refractivity contribution is 7.21. The van der Waals surface area contributed by atoms with Crippen molar-refractivity contribution in [1.29, 1.82) is 0 Å². The molecule has 0 radical (unpaired) electrons. The number of thiazole rings is 1. The summed E-state index contributed by atoms with van der Waals surface area (Å²) in [4.78, 5) is 20.2. The molecule has 0 amide bonds. The van der Waals surface area contributed by atoms with E-state index in [0.29, 0.717) is 17.5 Å².